The van der Waals surface area contributed by atoms with Gasteiger partial charge in [-0.3, -0.25) is 4.90 Å². The number of hydrogen-bond acceptors (Lipinski definition) is 2. The second-order valence-corrected chi connectivity index (χ2v) is 7.14. The van der Waals surface area contributed by atoms with Crippen molar-refractivity contribution in [2.75, 3.05) is 20.1 Å². The van der Waals surface area contributed by atoms with E-state index in [1.165, 1.54) is 55.5 Å². The molecule has 0 aliphatic carbocycles. The quantitative estimate of drug-likeness (QED) is 0.892. The summed E-state index contributed by atoms with van der Waals surface area (Å²) in [4.78, 5) is 2.69. The van der Waals surface area contributed by atoms with E-state index in [-0.39, 0.29) is 5.54 Å². The summed E-state index contributed by atoms with van der Waals surface area (Å²) in [6, 6.07) is 7.23. The first-order valence-corrected chi connectivity index (χ1v) is 8.46. The minimum Gasteiger partial charge on any atom is -0.311 e. The molecule has 1 saturated heterocycles. The molecule has 2 heteroatoms. The van der Waals surface area contributed by atoms with Crippen molar-refractivity contribution in [2.24, 2.45) is 0 Å². The summed E-state index contributed by atoms with van der Waals surface area (Å²) in [5.41, 5.74) is 4.33. The first kappa shape index (κ1) is 16.5. The molecule has 0 saturated carbocycles. The van der Waals surface area contributed by atoms with Gasteiger partial charge in [0.2, 0.25) is 0 Å². The summed E-state index contributed by atoms with van der Waals surface area (Å²) >= 11 is 0. The molecule has 118 valence electrons. The Labute approximate surface area is 130 Å². The lowest BCUT2D eigenvalue weighted by Gasteiger charge is -2.44. The van der Waals surface area contributed by atoms with Gasteiger partial charge in [-0.15, -0.1) is 0 Å². The smallest absolute Gasteiger partial charge is 0.0501 e. The van der Waals surface area contributed by atoms with Gasteiger partial charge in [-0.25, -0.2) is 0 Å². The van der Waals surface area contributed by atoms with E-state index in [2.05, 4.69) is 63.2 Å². The van der Waals surface area contributed by atoms with Gasteiger partial charge in [0.15, 0.2) is 0 Å². The number of hydrogen-bond donors (Lipinski definition) is 1. The van der Waals surface area contributed by atoms with Crippen molar-refractivity contribution in [1.82, 2.24) is 10.2 Å². The molecule has 0 bridgehead atoms. The molecule has 0 amide bonds. The van der Waals surface area contributed by atoms with Crippen LogP contribution in [0.3, 0.4) is 0 Å². The topological polar surface area (TPSA) is 15.3 Å². The zero-order valence-electron chi connectivity index (χ0n) is 14.5. The van der Waals surface area contributed by atoms with Gasteiger partial charge >= 0.3 is 0 Å². The Balaban J connectivity index is 2.29. The van der Waals surface area contributed by atoms with Crippen LogP contribution in [-0.4, -0.2) is 30.6 Å². The molecule has 1 N–H and O–H groups in total. The van der Waals surface area contributed by atoms with Crippen LogP contribution in [0.1, 0.15) is 62.3 Å². The molecule has 0 radical (unpaired) electrons. The minimum atomic E-state index is 0.138. The lowest BCUT2D eigenvalue weighted by atomic mass is 9.84. The third-order valence-corrected chi connectivity index (χ3v) is 5.15. The van der Waals surface area contributed by atoms with Crippen molar-refractivity contribution in [1.29, 1.82) is 0 Å². The number of benzene rings is 1. The molecule has 1 heterocycles. The molecule has 21 heavy (non-hydrogen) atoms. The second kappa shape index (κ2) is 6.93. The molecule has 0 aromatic heterocycles. The molecule has 1 aromatic rings. The van der Waals surface area contributed by atoms with Gasteiger partial charge in [0.25, 0.3) is 0 Å². The Kier molecular flexibility index (Phi) is 5.45. The third-order valence-electron chi connectivity index (χ3n) is 5.15. The molecule has 0 spiro atoms. The van der Waals surface area contributed by atoms with Gasteiger partial charge < -0.3 is 5.32 Å². The van der Waals surface area contributed by atoms with E-state index in [1.807, 2.05) is 0 Å². The summed E-state index contributed by atoms with van der Waals surface area (Å²) < 4.78 is 0. The van der Waals surface area contributed by atoms with Crippen LogP contribution in [0.15, 0.2) is 18.2 Å². The highest BCUT2D eigenvalue weighted by Gasteiger charge is 2.36. The lowest BCUT2D eigenvalue weighted by molar-refractivity contribution is 0.0862. The number of nitrogens with one attached hydrogen (secondary N) is 1. The standard InChI is InChI=1S/C19H32N2/c1-15-10-11-17(16(2)14-15)18(20-5)19(3,4)21-12-8-6-7-9-13-21/h10-11,14,18,20H,6-9,12-13H2,1-5H3. The maximum Gasteiger partial charge on any atom is 0.0501 e. The Bertz CT molecular complexity index is 457. The largest absolute Gasteiger partial charge is 0.311 e. The fourth-order valence-electron chi connectivity index (χ4n) is 3.87. The number of aryl methyl sites for hydroxylation is 2. The zero-order valence-corrected chi connectivity index (χ0v) is 14.5. The van der Waals surface area contributed by atoms with E-state index in [4.69, 9.17) is 0 Å². The first-order chi connectivity index (χ1) is 9.96. The fourth-order valence-corrected chi connectivity index (χ4v) is 3.87. The molecule has 1 atom stereocenters. The third kappa shape index (κ3) is 3.67. The number of likely N-dealkylation sites (tertiary alicyclic amines) is 1. The molecule has 2 nitrogen and oxygen atoms in total. The summed E-state index contributed by atoms with van der Waals surface area (Å²) in [7, 11) is 2.10. The van der Waals surface area contributed by atoms with E-state index in [1.54, 1.807) is 0 Å². The van der Waals surface area contributed by atoms with E-state index in [9.17, 15) is 0 Å². The molecule has 1 aliphatic rings. The van der Waals surface area contributed by atoms with Gasteiger partial charge in [0, 0.05) is 5.54 Å². The van der Waals surface area contributed by atoms with Gasteiger partial charge in [0.05, 0.1) is 6.04 Å². The van der Waals surface area contributed by atoms with Gasteiger partial charge in [-0.05, 0) is 71.8 Å². The van der Waals surface area contributed by atoms with Crippen molar-refractivity contribution in [3.63, 3.8) is 0 Å². The Morgan fingerprint density at radius 2 is 1.67 bits per heavy atom. The number of nitrogens with zero attached hydrogens (tertiary/aromatic N) is 1. The lowest BCUT2D eigenvalue weighted by Crippen LogP contribution is -2.52. The highest BCUT2D eigenvalue weighted by Crippen LogP contribution is 2.34. The maximum atomic E-state index is 3.59. The van der Waals surface area contributed by atoms with Crippen LogP contribution in [0.5, 0.6) is 0 Å². The predicted octanol–water partition coefficient (Wildman–Crippen LogP) is 4.22. The van der Waals surface area contributed by atoms with Crippen molar-refractivity contribution >= 4 is 0 Å². The van der Waals surface area contributed by atoms with Crippen molar-refractivity contribution in [2.45, 2.75) is 65.0 Å². The van der Waals surface area contributed by atoms with Crippen LogP contribution in [0.4, 0.5) is 0 Å². The minimum absolute atomic E-state index is 0.138. The second-order valence-electron chi connectivity index (χ2n) is 7.14. The van der Waals surface area contributed by atoms with Crippen LogP contribution < -0.4 is 5.32 Å². The van der Waals surface area contributed by atoms with Crippen molar-refractivity contribution < 1.29 is 0 Å². The first-order valence-electron chi connectivity index (χ1n) is 8.46. The summed E-state index contributed by atoms with van der Waals surface area (Å²) in [6.07, 6.45) is 5.46. The summed E-state index contributed by atoms with van der Waals surface area (Å²) in [6.45, 7) is 11.7. The van der Waals surface area contributed by atoms with Gasteiger partial charge in [-0.1, -0.05) is 36.6 Å². The van der Waals surface area contributed by atoms with Crippen LogP contribution in [-0.2, 0) is 0 Å². The molecule has 1 aliphatic heterocycles. The molecule has 1 unspecified atom stereocenters. The Morgan fingerprint density at radius 3 is 2.19 bits per heavy atom. The molecule has 1 fully saturated rings. The number of rotatable bonds is 4. The molecule has 1 aromatic carbocycles. The average molecular weight is 288 g/mol. The normalized spacial score (nSPS) is 19.3. The van der Waals surface area contributed by atoms with Crippen LogP contribution in [0.25, 0.3) is 0 Å². The maximum absolute atomic E-state index is 3.59. The van der Waals surface area contributed by atoms with Crippen LogP contribution in [0, 0.1) is 13.8 Å². The average Bonchev–Trinajstić information content (AvgIpc) is 2.71. The Morgan fingerprint density at radius 1 is 1.05 bits per heavy atom. The summed E-state index contributed by atoms with van der Waals surface area (Å²) in [5.74, 6) is 0. The van der Waals surface area contributed by atoms with Crippen molar-refractivity contribution in [3.8, 4) is 0 Å². The highest BCUT2D eigenvalue weighted by atomic mass is 15.2. The number of likely N-dealkylation sites (N-methyl/N-ethyl adjacent to an activating group) is 1. The predicted molar refractivity (Wildman–Crippen MR) is 91.8 cm³/mol. The zero-order chi connectivity index (χ0) is 15.5. The van der Waals surface area contributed by atoms with Gasteiger partial charge in [0.1, 0.15) is 0 Å². The van der Waals surface area contributed by atoms with E-state index < -0.39 is 0 Å². The van der Waals surface area contributed by atoms with Crippen LogP contribution >= 0.6 is 0 Å². The van der Waals surface area contributed by atoms with E-state index in [0.717, 1.165) is 0 Å². The van der Waals surface area contributed by atoms with E-state index in [0.29, 0.717) is 6.04 Å². The summed E-state index contributed by atoms with van der Waals surface area (Å²) in [5, 5.41) is 3.59. The monoisotopic (exact) mass is 288 g/mol. The van der Waals surface area contributed by atoms with Crippen LogP contribution in [0.2, 0.25) is 0 Å². The molecule has 2 rings (SSSR count). The molecular weight excluding hydrogens is 256 g/mol. The Hall–Kier alpha value is -0.860. The highest BCUT2D eigenvalue weighted by molar-refractivity contribution is 5.34. The van der Waals surface area contributed by atoms with E-state index >= 15 is 0 Å². The van der Waals surface area contributed by atoms with Gasteiger partial charge in [-0.2, -0.15) is 0 Å². The van der Waals surface area contributed by atoms with Crippen molar-refractivity contribution in [3.05, 3.63) is 34.9 Å². The molecular formula is C19H32N2. The SMILES string of the molecule is CNC(c1ccc(C)cc1C)C(C)(C)N1CCCCCC1. The fraction of sp³-hybridized carbons (Fsp3) is 0.684.